The average molecular weight is 168 g/mol. The highest BCUT2D eigenvalue weighted by molar-refractivity contribution is 5.20. The Balaban J connectivity index is 2.16. The Morgan fingerprint density at radius 3 is 2.69 bits per heavy atom. The normalized spacial score (nSPS) is 9.85. The van der Waals surface area contributed by atoms with Crippen LogP contribution >= 0.6 is 0 Å². The molecule has 0 amide bonds. The van der Waals surface area contributed by atoms with Crippen molar-refractivity contribution in [3.05, 3.63) is 66.0 Å². The summed E-state index contributed by atoms with van der Waals surface area (Å²) < 4.78 is 0. The summed E-state index contributed by atoms with van der Waals surface area (Å²) in [7, 11) is 0. The zero-order chi connectivity index (χ0) is 8.93. The number of hydrogen-bond donors (Lipinski definition) is 0. The van der Waals surface area contributed by atoms with E-state index < -0.39 is 0 Å². The first-order valence-electron chi connectivity index (χ1n) is 4.30. The summed E-state index contributed by atoms with van der Waals surface area (Å²) in [5, 5.41) is 0. The van der Waals surface area contributed by atoms with Gasteiger partial charge in [0.05, 0.1) is 0 Å². The number of hydrogen-bond acceptors (Lipinski definition) is 1. The van der Waals surface area contributed by atoms with Crippen LogP contribution in [-0.4, -0.2) is 4.98 Å². The molecule has 0 spiro atoms. The van der Waals surface area contributed by atoms with E-state index in [0.717, 1.165) is 12.1 Å². The molecule has 1 aromatic heterocycles. The van der Waals surface area contributed by atoms with E-state index in [4.69, 9.17) is 0 Å². The van der Waals surface area contributed by atoms with Gasteiger partial charge in [0.1, 0.15) is 0 Å². The van der Waals surface area contributed by atoms with Gasteiger partial charge in [-0.1, -0.05) is 30.3 Å². The second-order valence-corrected chi connectivity index (χ2v) is 2.91. The van der Waals surface area contributed by atoms with Gasteiger partial charge in [-0.05, 0) is 23.8 Å². The Morgan fingerprint density at radius 2 is 2.00 bits per heavy atom. The molecule has 1 heterocycles. The fraction of sp³-hybridized carbons (Fsp3) is 0.0833. The average Bonchev–Trinajstić information content (AvgIpc) is 2.21. The van der Waals surface area contributed by atoms with Gasteiger partial charge in [-0.25, -0.2) is 0 Å². The summed E-state index contributed by atoms with van der Waals surface area (Å²) in [6.07, 6.45) is 2.66. The minimum atomic E-state index is 0.887. The van der Waals surface area contributed by atoms with Crippen molar-refractivity contribution < 1.29 is 0 Å². The topological polar surface area (TPSA) is 12.9 Å². The van der Waals surface area contributed by atoms with Crippen LogP contribution in [0.3, 0.4) is 0 Å². The standard InChI is InChI=1S/C12H10N/c1-2-6-11(7-3-1)10-12-8-4-5-9-13-12/h1-3,5-9H,10H2. The van der Waals surface area contributed by atoms with Crippen molar-refractivity contribution >= 4 is 0 Å². The highest BCUT2D eigenvalue weighted by Crippen LogP contribution is 2.05. The van der Waals surface area contributed by atoms with E-state index in [-0.39, 0.29) is 0 Å². The second-order valence-electron chi connectivity index (χ2n) is 2.91. The molecule has 1 radical (unpaired) electrons. The molecule has 1 nitrogen and oxygen atoms in total. The van der Waals surface area contributed by atoms with Gasteiger partial charge in [0, 0.05) is 18.3 Å². The first-order chi connectivity index (χ1) is 6.45. The largest absolute Gasteiger partial charge is 0.261 e. The smallest absolute Gasteiger partial charge is 0.0453 e. The van der Waals surface area contributed by atoms with Crippen LogP contribution in [-0.2, 0) is 6.42 Å². The van der Waals surface area contributed by atoms with Gasteiger partial charge in [0.2, 0.25) is 0 Å². The molecule has 2 aromatic rings. The third-order valence-electron chi connectivity index (χ3n) is 1.89. The van der Waals surface area contributed by atoms with Crippen molar-refractivity contribution in [1.29, 1.82) is 0 Å². The lowest BCUT2D eigenvalue weighted by Crippen LogP contribution is -1.89. The summed E-state index contributed by atoms with van der Waals surface area (Å²) in [6, 6.07) is 17.1. The molecular weight excluding hydrogens is 158 g/mol. The molecule has 0 bridgehead atoms. The Labute approximate surface area is 78.1 Å². The van der Waals surface area contributed by atoms with Crippen molar-refractivity contribution in [2.75, 3.05) is 0 Å². The Hall–Kier alpha value is -1.63. The predicted molar refractivity (Wildman–Crippen MR) is 52.3 cm³/mol. The predicted octanol–water partition coefficient (Wildman–Crippen LogP) is 2.47. The number of aromatic nitrogens is 1. The van der Waals surface area contributed by atoms with Crippen LogP contribution in [0.1, 0.15) is 11.3 Å². The van der Waals surface area contributed by atoms with Crippen LogP contribution in [0.25, 0.3) is 0 Å². The summed E-state index contributed by atoms with van der Waals surface area (Å²) in [4.78, 5) is 4.24. The van der Waals surface area contributed by atoms with Crippen molar-refractivity contribution in [1.82, 2.24) is 4.98 Å². The van der Waals surface area contributed by atoms with Crippen molar-refractivity contribution in [2.24, 2.45) is 0 Å². The Morgan fingerprint density at radius 1 is 1.15 bits per heavy atom. The Bertz CT molecular complexity index is 316. The SMILES string of the molecule is [c]1ccnc(Cc2ccccc2)c1. The lowest BCUT2D eigenvalue weighted by Gasteiger charge is -1.98. The molecule has 0 aliphatic carbocycles. The van der Waals surface area contributed by atoms with Gasteiger partial charge in [-0.15, -0.1) is 0 Å². The maximum Gasteiger partial charge on any atom is 0.0453 e. The molecule has 1 aromatic carbocycles. The van der Waals surface area contributed by atoms with Gasteiger partial charge in [-0.3, -0.25) is 4.98 Å². The molecular formula is C12H10N. The number of nitrogens with zero attached hydrogens (tertiary/aromatic N) is 1. The zero-order valence-corrected chi connectivity index (χ0v) is 7.27. The van der Waals surface area contributed by atoms with E-state index in [0.29, 0.717) is 0 Å². The first kappa shape index (κ1) is 7.99. The van der Waals surface area contributed by atoms with Crippen LogP contribution in [0.5, 0.6) is 0 Å². The van der Waals surface area contributed by atoms with Crippen LogP contribution in [0.2, 0.25) is 0 Å². The maximum atomic E-state index is 4.24. The van der Waals surface area contributed by atoms with Gasteiger partial charge in [0.25, 0.3) is 0 Å². The number of rotatable bonds is 2. The quantitative estimate of drug-likeness (QED) is 0.671. The summed E-state index contributed by atoms with van der Waals surface area (Å²) in [5.41, 5.74) is 2.35. The van der Waals surface area contributed by atoms with Crippen molar-refractivity contribution in [3.63, 3.8) is 0 Å². The Kier molecular flexibility index (Phi) is 2.37. The molecule has 0 aliphatic heterocycles. The molecule has 63 valence electrons. The van der Waals surface area contributed by atoms with Gasteiger partial charge >= 0.3 is 0 Å². The maximum absolute atomic E-state index is 4.24. The molecule has 0 saturated carbocycles. The van der Waals surface area contributed by atoms with E-state index in [2.05, 4.69) is 23.2 Å². The van der Waals surface area contributed by atoms with E-state index >= 15 is 0 Å². The van der Waals surface area contributed by atoms with E-state index in [1.807, 2.05) is 30.3 Å². The molecule has 0 unspecified atom stereocenters. The number of pyridine rings is 1. The molecule has 2 rings (SSSR count). The fourth-order valence-corrected chi connectivity index (χ4v) is 1.26. The van der Waals surface area contributed by atoms with Crippen molar-refractivity contribution in [2.45, 2.75) is 6.42 Å². The van der Waals surface area contributed by atoms with Gasteiger partial charge in [-0.2, -0.15) is 0 Å². The first-order valence-corrected chi connectivity index (χ1v) is 4.30. The molecule has 1 heteroatoms. The molecule has 0 N–H and O–H groups in total. The van der Waals surface area contributed by atoms with E-state index in [9.17, 15) is 0 Å². The van der Waals surface area contributed by atoms with Gasteiger partial charge < -0.3 is 0 Å². The van der Waals surface area contributed by atoms with Gasteiger partial charge in [0.15, 0.2) is 0 Å². The molecule has 0 aliphatic rings. The molecule has 13 heavy (non-hydrogen) atoms. The number of benzene rings is 1. The van der Waals surface area contributed by atoms with Crippen LogP contribution in [0.15, 0.2) is 48.7 Å². The third-order valence-corrected chi connectivity index (χ3v) is 1.89. The summed E-state index contributed by atoms with van der Waals surface area (Å²) >= 11 is 0. The van der Waals surface area contributed by atoms with Crippen LogP contribution in [0.4, 0.5) is 0 Å². The molecule has 0 saturated heterocycles. The lowest BCUT2D eigenvalue weighted by atomic mass is 10.1. The molecule has 0 fully saturated rings. The monoisotopic (exact) mass is 168 g/mol. The highest BCUT2D eigenvalue weighted by atomic mass is 14.7. The second kappa shape index (κ2) is 3.85. The highest BCUT2D eigenvalue weighted by Gasteiger charge is 1.94. The fourth-order valence-electron chi connectivity index (χ4n) is 1.26. The van der Waals surface area contributed by atoms with Crippen LogP contribution < -0.4 is 0 Å². The minimum Gasteiger partial charge on any atom is -0.261 e. The molecule has 0 atom stereocenters. The third kappa shape index (κ3) is 2.15. The van der Waals surface area contributed by atoms with Crippen LogP contribution in [0, 0.1) is 6.07 Å². The summed E-state index contributed by atoms with van der Waals surface area (Å²) in [6.45, 7) is 0. The van der Waals surface area contributed by atoms with E-state index in [1.165, 1.54) is 5.56 Å². The van der Waals surface area contributed by atoms with Crippen molar-refractivity contribution in [3.8, 4) is 0 Å². The lowest BCUT2D eigenvalue weighted by molar-refractivity contribution is 1.07. The minimum absolute atomic E-state index is 0.887. The van der Waals surface area contributed by atoms with E-state index in [1.54, 1.807) is 6.20 Å². The zero-order valence-electron chi connectivity index (χ0n) is 7.27. The summed E-state index contributed by atoms with van der Waals surface area (Å²) in [5.74, 6) is 0.